The van der Waals surface area contributed by atoms with Crippen molar-refractivity contribution in [2.24, 2.45) is 5.92 Å². The van der Waals surface area contributed by atoms with Crippen molar-refractivity contribution in [3.05, 3.63) is 35.9 Å². The van der Waals surface area contributed by atoms with Gasteiger partial charge in [0, 0.05) is 7.05 Å². The van der Waals surface area contributed by atoms with Crippen LogP contribution < -0.4 is 5.32 Å². The number of carbonyl (C=O) groups is 1. The summed E-state index contributed by atoms with van der Waals surface area (Å²) in [5.41, 5.74) is 1.04. The van der Waals surface area contributed by atoms with Gasteiger partial charge in [-0.05, 0) is 11.5 Å². The highest BCUT2D eigenvalue weighted by Gasteiger charge is 2.38. The van der Waals surface area contributed by atoms with E-state index >= 15 is 0 Å². The maximum Gasteiger partial charge on any atom is 0.245 e. The predicted molar refractivity (Wildman–Crippen MR) is 63.7 cm³/mol. The van der Waals surface area contributed by atoms with Crippen LogP contribution in [0.25, 0.3) is 0 Å². The number of hydrogen-bond donors (Lipinski definition) is 1. The summed E-state index contributed by atoms with van der Waals surface area (Å²) < 4.78 is 0. The van der Waals surface area contributed by atoms with Crippen molar-refractivity contribution in [2.45, 2.75) is 26.1 Å². The molecule has 16 heavy (non-hydrogen) atoms. The van der Waals surface area contributed by atoms with Gasteiger partial charge in [0.2, 0.25) is 5.91 Å². The number of nitrogens with zero attached hydrogens (tertiary/aromatic N) is 1. The number of hydrogen-bond acceptors (Lipinski definition) is 2. The van der Waals surface area contributed by atoms with Crippen LogP contribution in [0.15, 0.2) is 30.3 Å². The van der Waals surface area contributed by atoms with Gasteiger partial charge in [-0.15, -0.1) is 0 Å². The SMILES string of the molecule is CC(C)C1NC(c2ccccc2)C(=O)N1C. The van der Waals surface area contributed by atoms with E-state index in [2.05, 4.69) is 19.2 Å². The third-order valence-electron chi connectivity index (χ3n) is 3.11. The van der Waals surface area contributed by atoms with Crippen molar-refractivity contribution >= 4 is 5.91 Å². The van der Waals surface area contributed by atoms with Crippen LogP contribution in [0.5, 0.6) is 0 Å². The van der Waals surface area contributed by atoms with Crippen LogP contribution in [0.1, 0.15) is 25.5 Å². The molecule has 2 rings (SSSR count). The number of likely N-dealkylation sites (N-methyl/N-ethyl adjacent to an activating group) is 1. The fourth-order valence-corrected chi connectivity index (χ4v) is 2.22. The van der Waals surface area contributed by atoms with Crippen LogP contribution >= 0.6 is 0 Å². The summed E-state index contributed by atoms with van der Waals surface area (Å²) in [6.07, 6.45) is 0.137. The molecule has 2 unspecified atom stereocenters. The third-order valence-corrected chi connectivity index (χ3v) is 3.11. The first-order valence-electron chi connectivity index (χ1n) is 5.69. The van der Waals surface area contributed by atoms with Crippen molar-refractivity contribution in [1.29, 1.82) is 0 Å². The maximum absolute atomic E-state index is 12.1. The highest BCUT2D eigenvalue weighted by atomic mass is 16.2. The highest BCUT2D eigenvalue weighted by molar-refractivity contribution is 5.85. The molecule has 1 aromatic carbocycles. The van der Waals surface area contributed by atoms with Crippen molar-refractivity contribution in [2.75, 3.05) is 7.05 Å². The van der Waals surface area contributed by atoms with E-state index in [9.17, 15) is 4.79 Å². The normalized spacial score (nSPS) is 25.5. The smallest absolute Gasteiger partial charge is 0.245 e. The summed E-state index contributed by atoms with van der Waals surface area (Å²) in [4.78, 5) is 13.9. The minimum Gasteiger partial charge on any atom is -0.328 e. The zero-order chi connectivity index (χ0) is 11.7. The van der Waals surface area contributed by atoms with Gasteiger partial charge < -0.3 is 4.90 Å². The Balaban J connectivity index is 2.23. The molecule has 3 nitrogen and oxygen atoms in total. The molecule has 0 saturated carbocycles. The summed E-state index contributed by atoms with van der Waals surface area (Å²) in [5.74, 6) is 0.576. The van der Waals surface area contributed by atoms with Gasteiger partial charge in [0.15, 0.2) is 0 Å². The van der Waals surface area contributed by atoms with Gasteiger partial charge in [0.05, 0.1) is 6.17 Å². The van der Waals surface area contributed by atoms with E-state index in [1.807, 2.05) is 42.3 Å². The molecule has 0 bridgehead atoms. The van der Waals surface area contributed by atoms with Gasteiger partial charge in [-0.1, -0.05) is 44.2 Å². The maximum atomic E-state index is 12.1. The summed E-state index contributed by atoms with van der Waals surface area (Å²) >= 11 is 0. The molecule has 0 aromatic heterocycles. The minimum atomic E-state index is -0.182. The number of nitrogens with one attached hydrogen (secondary N) is 1. The zero-order valence-electron chi connectivity index (χ0n) is 9.97. The second-order valence-corrected chi connectivity index (χ2v) is 4.65. The monoisotopic (exact) mass is 218 g/mol. The van der Waals surface area contributed by atoms with Crippen LogP contribution in [-0.2, 0) is 4.79 Å². The Morgan fingerprint density at radius 3 is 2.38 bits per heavy atom. The van der Waals surface area contributed by atoms with E-state index in [1.54, 1.807) is 0 Å². The van der Waals surface area contributed by atoms with Gasteiger partial charge >= 0.3 is 0 Å². The minimum absolute atomic E-state index is 0.137. The van der Waals surface area contributed by atoms with E-state index in [-0.39, 0.29) is 18.1 Å². The Bertz CT molecular complexity index is 375. The summed E-state index contributed by atoms with van der Waals surface area (Å²) in [5, 5.41) is 3.38. The van der Waals surface area contributed by atoms with Crippen LogP contribution in [0.4, 0.5) is 0 Å². The highest BCUT2D eigenvalue weighted by Crippen LogP contribution is 2.25. The first kappa shape index (κ1) is 11.1. The molecule has 1 fully saturated rings. The van der Waals surface area contributed by atoms with Gasteiger partial charge in [0.1, 0.15) is 6.04 Å². The second kappa shape index (κ2) is 4.26. The molecule has 1 amide bonds. The number of benzene rings is 1. The molecule has 86 valence electrons. The lowest BCUT2D eigenvalue weighted by Crippen LogP contribution is -2.38. The molecule has 0 spiro atoms. The Kier molecular flexibility index (Phi) is 2.97. The molecule has 1 aliphatic rings. The van der Waals surface area contributed by atoms with Crippen LogP contribution in [0.2, 0.25) is 0 Å². The molecule has 1 saturated heterocycles. The van der Waals surface area contributed by atoms with Crippen LogP contribution in [0.3, 0.4) is 0 Å². The fraction of sp³-hybridized carbons (Fsp3) is 0.462. The van der Waals surface area contributed by atoms with E-state index in [0.717, 1.165) is 5.56 Å². The van der Waals surface area contributed by atoms with E-state index in [4.69, 9.17) is 0 Å². The first-order valence-corrected chi connectivity index (χ1v) is 5.69. The average molecular weight is 218 g/mol. The molecule has 0 aliphatic carbocycles. The molecular weight excluding hydrogens is 200 g/mol. The molecule has 1 heterocycles. The predicted octanol–water partition coefficient (Wildman–Crippen LogP) is 1.77. The fourth-order valence-electron chi connectivity index (χ4n) is 2.22. The lowest BCUT2D eigenvalue weighted by Gasteiger charge is -2.22. The quantitative estimate of drug-likeness (QED) is 0.820. The van der Waals surface area contributed by atoms with Crippen molar-refractivity contribution in [3.63, 3.8) is 0 Å². The van der Waals surface area contributed by atoms with Gasteiger partial charge in [0.25, 0.3) is 0 Å². The number of carbonyl (C=O) groups excluding carboxylic acids is 1. The number of rotatable bonds is 2. The molecule has 1 aliphatic heterocycles. The zero-order valence-corrected chi connectivity index (χ0v) is 9.97. The van der Waals surface area contributed by atoms with Crippen molar-refractivity contribution in [1.82, 2.24) is 10.2 Å². The Morgan fingerprint density at radius 2 is 1.88 bits per heavy atom. The molecule has 0 radical (unpaired) electrons. The average Bonchev–Trinajstić information content (AvgIpc) is 2.58. The first-order chi connectivity index (χ1) is 7.61. The topological polar surface area (TPSA) is 32.3 Å². The Labute approximate surface area is 96.5 Å². The lowest BCUT2D eigenvalue weighted by molar-refractivity contribution is -0.129. The second-order valence-electron chi connectivity index (χ2n) is 4.65. The number of amides is 1. The van der Waals surface area contributed by atoms with Crippen molar-refractivity contribution in [3.8, 4) is 0 Å². The summed E-state index contributed by atoms with van der Waals surface area (Å²) in [6.45, 7) is 4.24. The van der Waals surface area contributed by atoms with Crippen molar-refractivity contribution < 1.29 is 4.79 Å². The standard InChI is InChI=1S/C13H18N2O/c1-9(2)12-14-11(13(16)15(12)3)10-7-5-4-6-8-10/h4-9,11-12,14H,1-3H3. The summed E-state index contributed by atoms with van der Waals surface area (Å²) in [7, 11) is 1.86. The van der Waals surface area contributed by atoms with Gasteiger partial charge in [-0.2, -0.15) is 0 Å². The Hall–Kier alpha value is -1.35. The summed E-state index contributed by atoms with van der Waals surface area (Å²) in [6, 6.07) is 9.70. The molecule has 3 heteroatoms. The molecule has 1 aromatic rings. The van der Waals surface area contributed by atoms with Gasteiger partial charge in [-0.3, -0.25) is 10.1 Å². The largest absolute Gasteiger partial charge is 0.328 e. The van der Waals surface area contributed by atoms with E-state index < -0.39 is 0 Å². The molecular formula is C13H18N2O. The van der Waals surface area contributed by atoms with Gasteiger partial charge in [-0.25, -0.2) is 0 Å². The van der Waals surface area contributed by atoms with Crippen LogP contribution in [0, 0.1) is 5.92 Å². The Morgan fingerprint density at radius 1 is 1.25 bits per heavy atom. The lowest BCUT2D eigenvalue weighted by atomic mass is 10.1. The molecule has 2 atom stereocenters. The van der Waals surface area contributed by atoms with E-state index in [0.29, 0.717) is 5.92 Å². The van der Waals surface area contributed by atoms with Crippen LogP contribution in [-0.4, -0.2) is 24.0 Å². The third kappa shape index (κ3) is 1.83. The van der Waals surface area contributed by atoms with E-state index in [1.165, 1.54) is 0 Å². The molecule has 1 N–H and O–H groups in total.